The van der Waals surface area contributed by atoms with Crippen molar-refractivity contribution in [2.45, 2.75) is 6.42 Å². The van der Waals surface area contributed by atoms with Gasteiger partial charge in [-0.05, 0) is 17.7 Å². The van der Waals surface area contributed by atoms with Gasteiger partial charge in [-0.1, -0.05) is 18.2 Å². The molecule has 2 heteroatoms. The number of carbonyl (C=O) groups is 1. The van der Waals surface area contributed by atoms with E-state index in [-0.39, 0.29) is 5.78 Å². The average Bonchev–Trinajstić information content (AvgIpc) is 2.18. The molecule has 1 aliphatic carbocycles. The summed E-state index contributed by atoms with van der Waals surface area (Å²) in [4.78, 5) is 11.4. The molecule has 66 valence electrons. The molecule has 0 fully saturated rings. The van der Waals surface area contributed by atoms with Crippen LogP contribution in [0, 0.1) is 0 Å². The number of benzene rings is 1. The highest BCUT2D eigenvalue weighted by molar-refractivity contribution is 6.03. The lowest BCUT2D eigenvalue weighted by atomic mass is 9.96. The monoisotopic (exact) mass is 174 g/mol. The Hall–Kier alpha value is -1.57. The first kappa shape index (κ1) is 8.05. The van der Waals surface area contributed by atoms with Crippen LogP contribution in [-0.2, 0) is 0 Å². The van der Waals surface area contributed by atoms with Crippen LogP contribution in [0.1, 0.15) is 22.3 Å². The molecule has 0 unspecified atom stereocenters. The highest BCUT2D eigenvalue weighted by Gasteiger charge is 2.13. The highest BCUT2D eigenvalue weighted by atomic mass is 16.5. The van der Waals surface area contributed by atoms with Crippen LogP contribution >= 0.6 is 0 Å². The number of hydrogen-bond donors (Lipinski definition) is 0. The number of rotatable bonds is 1. The van der Waals surface area contributed by atoms with Crippen LogP contribution in [-0.4, -0.2) is 12.9 Å². The molecule has 1 aromatic carbocycles. The third-order valence-electron chi connectivity index (χ3n) is 2.16. The summed E-state index contributed by atoms with van der Waals surface area (Å²) < 4.78 is 5.05. The van der Waals surface area contributed by atoms with Crippen LogP contribution in [0.5, 0.6) is 5.75 Å². The lowest BCUT2D eigenvalue weighted by molar-refractivity contribution is 0.0994. The molecule has 2 nitrogen and oxygen atoms in total. The van der Waals surface area contributed by atoms with E-state index in [0.717, 1.165) is 16.9 Å². The maximum absolute atomic E-state index is 11.4. The van der Waals surface area contributed by atoms with Gasteiger partial charge in [0, 0.05) is 12.0 Å². The van der Waals surface area contributed by atoms with Crippen molar-refractivity contribution >= 4 is 11.9 Å². The second-order valence-electron chi connectivity index (χ2n) is 2.98. The summed E-state index contributed by atoms with van der Waals surface area (Å²) in [5.74, 6) is 0.902. The summed E-state index contributed by atoms with van der Waals surface area (Å²) >= 11 is 0. The minimum Gasteiger partial charge on any atom is -0.497 e. The van der Waals surface area contributed by atoms with Crippen LogP contribution < -0.4 is 4.74 Å². The molecule has 13 heavy (non-hydrogen) atoms. The van der Waals surface area contributed by atoms with Gasteiger partial charge in [-0.25, -0.2) is 0 Å². The van der Waals surface area contributed by atoms with Crippen molar-refractivity contribution in [1.29, 1.82) is 0 Å². The summed E-state index contributed by atoms with van der Waals surface area (Å²) in [6.45, 7) is 0. The zero-order chi connectivity index (χ0) is 9.26. The minimum atomic E-state index is 0.163. The molecule has 0 spiro atoms. The first-order valence-corrected chi connectivity index (χ1v) is 4.19. The van der Waals surface area contributed by atoms with Crippen LogP contribution in [0.25, 0.3) is 6.08 Å². The van der Waals surface area contributed by atoms with Gasteiger partial charge in [0.25, 0.3) is 0 Å². The zero-order valence-electron chi connectivity index (χ0n) is 7.41. The maximum Gasteiger partial charge on any atom is 0.167 e. The summed E-state index contributed by atoms with van der Waals surface area (Å²) in [5, 5.41) is 0. The third-order valence-corrected chi connectivity index (χ3v) is 2.16. The molecule has 0 aromatic heterocycles. The molecule has 0 radical (unpaired) electrons. The van der Waals surface area contributed by atoms with E-state index in [1.807, 2.05) is 24.3 Å². The predicted molar refractivity (Wildman–Crippen MR) is 51.0 cm³/mol. The van der Waals surface area contributed by atoms with E-state index < -0.39 is 0 Å². The topological polar surface area (TPSA) is 26.3 Å². The lowest BCUT2D eigenvalue weighted by Gasteiger charge is -2.10. The van der Waals surface area contributed by atoms with Gasteiger partial charge in [-0.3, -0.25) is 4.79 Å². The predicted octanol–water partition coefficient (Wildman–Crippen LogP) is 2.29. The van der Waals surface area contributed by atoms with Crippen molar-refractivity contribution in [3.8, 4) is 5.75 Å². The van der Waals surface area contributed by atoms with Gasteiger partial charge >= 0.3 is 0 Å². The molecule has 0 N–H and O–H groups in total. The molecule has 0 saturated carbocycles. The van der Waals surface area contributed by atoms with Crippen molar-refractivity contribution in [3.05, 3.63) is 35.4 Å². The highest BCUT2D eigenvalue weighted by Crippen LogP contribution is 2.23. The van der Waals surface area contributed by atoms with E-state index in [1.165, 1.54) is 0 Å². The van der Waals surface area contributed by atoms with Crippen molar-refractivity contribution in [1.82, 2.24) is 0 Å². The molecule has 0 heterocycles. The van der Waals surface area contributed by atoms with Crippen molar-refractivity contribution in [3.63, 3.8) is 0 Å². The number of Topliss-reactive ketones (excluding diaryl/α,β-unsaturated/α-hetero) is 1. The largest absolute Gasteiger partial charge is 0.497 e. The number of allylic oxidation sites excluding steroid dienone is 1. The van der Waals surface area contributed by atoms with E-state index >= 15 is 0 Å². The number of fused-ring (bicyclic) bond motifs is 1. The average molecular weight is 174 g/mol. The minimum absolute atomic E-state index is 0.163. The van der Waals surface area contributed by atoms with E-state index in [4.69, 9.17) is 4.74 Å². The van der Waals surface area contributed by atoms with E-state index in [9.17, 15) is 4.79 Å². The molecule has 1 aliphatic rings. The summed E-state index contributed by atoms with van der Waals surface area (Å²) in [6.07, 6.45) is 4.35. The van der Waals surface area contributed by atoms with Crippen LogP contribution in [0.2, 0.25) is 0 Å². The van der Waals surface area contributed by atoms with E-state index in [0.29, 0.717) is 6.42 Å². The molecule has 0 amide bonds. The number of ether oxygens (including phenoxy) is 1. The second kappa shape index (κ2) is 3.05. The SMILES string of the molecule is COc1ccc2c(c1)C(=O)CC=C2. The maximum atomic E-state index is 11.4. The number of carbonyl (C=O) groups excluding carboxylic acids is 1. The molecule has 0 bridgehead atoms. The lowest BCUT2D eigenvalue weighted by Crippen LogP contribution is -2.04. The Morgan fingerprint density at radius 1 is 1.38 bits per heavy atom. The van der Waals surface area contributed by atoms with E-state index in [1.54, 1.807) is 13.2 Å². The fourth-order valence-corrected chi connectivity index (χ4v) is 1.45. The third kappa shape index (κ3) is 1.35. The van der Waals surface area contributed by atoms with Gasteiger partial charge in [0.05, 0.1) is 7.11 Å². The van der Waals surface area contributed by atoms with Gasteiger partial charge < -0.3 is 4.74 Å². The molecule has 0 saturated heterocycles. The second-order valence-corrected chi connectivity index (χ2v) is 2.98. The summed E-state index contributed by atoms with van der Waals surface area (Å²) in [7, 11) is 1.60. The zero-order valence-corrected chi connectivity index (χ0v) is 7.41. The summed E-state index contributed by atoms with van der Waals surface area (Å²) in [6, 6.07) is 5.56. The Balaban J connectivity index is 2.54. The van der Waals surface area contributed by atoms with Crippen LogP contribution in [0.3, 0.4) is 0 Å². The summed E-state index contributed by atoms with van der Waals surface area (Å²) in [5.41, 5.74) is 1.75. The van der Waals surface area contributed by atoms with Crippen molar-refractivity contribution in [2.75, 3.05) is 7.11 Å². The van der Waals surface area contributed by atoms with E-state index in [2.05, 4.69) is 0 Å². The number of ketones is 1. The normalized spacial score (nSPS) is 14.1. The van der Waals surface area contributed by atoms with Crippen LogP contribution in [0.15, 0.2) is 24.3 Å². The Labute approximate surface area is 76.8 Å². The number of methoxy groups -OCH3 is 1. The molecule has 0 atom stereocenters. The Morgan fingerprint density at radius 3 is 3.00 bits per heavy atom. The fraction of sp³-hybridized carbons (Fsp3) is 0.182. The van der Waals surface area contributed by atoms with Crippen molar-refractivity contribution < 1.29 is 9.53 Å². The molecule has 2 rings (SSSR count). The fourth-order valence-electron chi connectivity index (χ4n) is 1.45. The van der Waals surface area contributed by atoms with Gasteiger partial charge in [0.1, 0.15) is 5.75 Å². The van der Waals surface area contributed by atoms with Gasteiger partial charge in [-0.2, -0.15) is 0 Å². The Kier molecular flexibility index (Phi) is 1.89. The first-order valence-electron chi connectivity index (χ1n) is 4.19. The van der Waals surface area contributed by atoms with Crippen molar-refractivity contribution in [2.24, 2.45) is 0 Å². The number of hydrogen-bond acceptors (Lipinski definition) is 2. The van der Waals surface area contributed by atoms with Gasteiger partial charge in [0.15, 0.2) is 5.78 Å². The van der Waals surface area contributed by atoms with Gasteiger partial charge in [0.2, 0.25) is 0 Å². The Bertz CT molecular complexity index is 378. The molecular weight excluding hydrogens is 164 g/mol. The quantitative estimate of drug-likeness (QED) is 0.653. The smallest absolute Gasteiger partial charge is 0.167 e. The molecule has 1 aromatic rings. The molecular formula is C11H10O2. The Morgan fingerprint density at radius 2 is 2.23 bits per heavy atom. The first-order chi connectivity index (χ1) is 6.31. The van der Waals surface area contributed by atoms with Gasteiger partial charge in [-0.15, -0.1) is 0 Å². The standard InChI is InChI=1S/C11H10O2/c1-13-9-6-5-8-3-2-4-11(12)10(8)7-9/h2-3,5-7H,4H2,1H3. The van der Waals surface area contributed by atoms with Crippen LogP contribution in [0.4, 0.5) is 0 Å². The molecule has 0 aliphatic heterocycles.